The number of ether oxygens (including phenoxy) is 1. The molecule has 2 aromatic rings. The van der Waals surface area contributed by atoms with E-state index in [1.54, 1.807) is 28.9 Å². The summed E-state index contributed by atoms with van der Waals surface area (Å²) in [5.41, 5.74) is 7.45. The van der Waals surface area contributed by atoms with E-state index in [4.69, 9.17) is 10.5 Å². The predicted octanol–water partition coefficient (Wildman–Crippen LogP) is 1.40. The van der Waals surface area contributed by atoms with E-state index < -0.39 is 5.97 Å². The van der Waals surface area contributed by atoms with Crippen molar-refractivity contribution in [1.29, 1.82) is 0 Å². The van der Waals surface area contributed by atoms with Crippen molar-refractivity contribution in [2.75, 3.05) is 12.3 Å². The Morgan fingerprint density at radius 2 is 2.19 bits per heavy atom. The first-order valence-electron chi connectivity index (χ1n) is 6.79. The van der Waals surface area contributed by atoms with E-state index in [0.717, 1.165) is 25.0 Å². The summed E-state index contributed by atoms with van der Waals surface area (Å²) >= 11 is 0. The zero-order valence-corrected chi connectivity index (χ0v) is 11.4. The van der Waals surface area contributed by atoms with Gasteiger partial charge in [-0.25, -0.2) is 9.48 Å². The molecule has 21 heavy (non-hydrogen) atoms. The van der Waals surface area contributed by atoms with Gasteiger partial charge in [0.15, 0.2) is 5.69 Å². The van der Waals surface area contributed by atoms with Crippen LogP contribution in [0.2, 0.25) is 0 Å². The third kappa shape index (κ3) is 2.73. The number of nitrogens with two attached hydrogens (primary N) is 1. The van der Waals surface area contributed by atoms with Crippen LogP contribution in [0.4, 0.5) is 5.69 Å². The van der Waals surface area contributed by atoms with Crippen LogP contribution in [0.1, 0.15) is 23.3 Å². The van der Waals surface area contributed by atoms with E-state index in [-0.39, 0.29) is 11.8 Å². The van der Waals surface area contributed by atoms with Crippen molar-refractivity contribution < 1.29 is 14.6 Å². The van der Waals surface area contributed by atoms with Crippen LogP contribution in [0.25, 0.3) is 11.3 Å². The lowest BCUT2D eigenvalue weighted by atomic mass is 10.1. The third-order valence-electron chi connectivity index (χ3n) is 3.52. The van der Waals surface area contributed by atoms with Gasteiger partial charge in [0.1, 0.15) is 5.69 Å². The Bertz CT molecular complexity index is 645. The van der Waals surface area contributed by atoms with Crippen LogP contribution in [0.3, 0.4) is 0 Å². The zero-order valence-electron chi connectivity index (χ0n) is 11.4. The molecule has 0 aliphatic carbocycles. The zero-order chi connectivity index (χ0) is 14.8. The Morgan fingerprint density at radius 3 is 2.81 bits per heavy atom. The Hall–Kier alpha value is -2.41. The number of aromatic nitrogens is 3. The second kappa shape index (κ2) is 5.53. The van der Waals surface area contributed by atoms with Gasteiger partial charge in [-0.15, -0.1) is 5.10 Å². The minimum absolute atomic E-state index is 0.0564. The molecule has 1 atom stereocenters. The molecule has 1 saturated heterocycles. The van der Waals surface area contributed by atoms with E-state index >= 15 is 0 Å². The Kier molecular flexibility index (Phi) is 3.57. The fourth-order valence-corrected chi connectivity index (χ4v) is 2.49. The molecule has 1 aliphatic heterocycles. The van der Waals surface area contributed by atoms with Crippen molar-refractivity contribution in [1.82, 2.24) is 15.0 Å². The first kappa shape index (κ1) is 13.6. The molecule has 3 rings (SSSR count). The summed E-state index contributed by atoms with van der Waals surface area (Å²) in [7, 11) is 0. The lowest BCUT2D eigenvalue weighted by Gasteiger charge is -2.12. The molecule has 0 saturated carbocycles. The molecule has 0 radical (unpaired) electrons. The van der Waals surface area contributed by atoms with Crippen LogP contribution in [-0.2, 0) is 11.3 Å². The molecular formula is C14H16N4O3. The second-order valence-corrected chi connectivity index (χ2v) is 5.03. The summed E-state index contributed by atoms with van der Waals surface area (Å²) in [6.07, 6.45) is 2.02. The smallest absolute Gasteiger partial charge is 0.358 e. The van der Waals surface area contributed by atoms with Crippen LogP contribution >= 0.6 is 0 Å². The number of hydrogen-bond donors (Lipinski definition) is 2. The number of nitrogen functional groups attached to an aromatic ring is 1. The highest BCUT2D eigenvalue weighted by molar-refractivity contribution is 5.92. The maximum Gasteiger partial charge on any atom is 0.358 e. The van der Waals surface area contributed by atoms with Crippen LogP contribution in [0.15, 0.2) is 24.3 Å². The first-order valence-corrected chi connectivity index (χ1v) is 6.79. The first-order chi connectivity index (χ1) is 10.1. The SMILES string of the molecule is Nc1ccc(-c2c(C(=O)O)nnn2CC2CCCO2)cc1. The maximum absolute atomic E-state index is 11.3. The largest absolute Gasteiger partial charge is 0.476 e. The summed E-state index contributed by atoms with van der Waals surface area (Å²) < 4.78 is 7.18. The molecule has 2 heterocycles. The molecule has 7 nitrogen and oxygen atoms in total. The van der Waals surface area contributed by atoms with Crippen molar-refractivity contribution in [2.45, 2.75) is 25.5 Å². The fraction of sp³-hybridized carbons (Fsp3) is 0.357. The van der Waals surface area contributed by atoms with E-state index in [1.165, 1.54) is 0 Å². The Morgan fingerprint density at radius 1 is 1.43 bits per heavy atom. The van der Waals surface area contributed by atoms with Gasteiger partial charge in [0.2, 0.25) is 0 Å². The van der Waals surface area contributed by atoms with Crippen molar-refractivity contribution >= 4 is 11.7 Å². The molecule has 1 aliphatic rings. The van der Waals surface area contributed by atoms with Gasteiger partial charge < -0.3 is 15.6 Å². The average molecular weight is 288 g/mol. The fourth-order valence-electron chi connectivity index (χ4n) is 2.49. The normalized spacial score (nSPS) is 18.0. The van der Waals surface area contributed by atoms with Crippen molar-refractivity contribution in [2.24, 2.45) is 0 Å². The molecular weight excluding hydrogens is 272 g/mol. The summed E-state index contributed by atoms with van der Waals surface area (Å²) in [6.45, 7) is 1.24. The average Bonchev–Trinajstić information content (AvgIpc) is 3.10. The van der Waals surface area contributed by atoms with Crippen molar-refractivity contribution in [3.05, 3.63) is 30.0 Å². The number of rotatable bonds is 4. The number of nitrogens with zero attached hydrogens (tertiary/aromatic N) is 3. The van der Waals surface area contributed by atoms with E-state index in [2.05, 4.69) is 10.3 Å². The van der Waals surface area contributed by atoms with E-state index in [0.29, 0.717) is 17.9 Å². The number of carboxylic acids is 1. The van der Waals surface area contributed by atoms with Crippen LogP contribution in [0, 0.1) is 0 Å². The van der Waals surface area contributed by atoms with Gasteiger partial charge >= 0.3 is 5.97 Å². The molecule has 7 heteroatoms. The van der Waals surface area contributed by atoms with E-state index in [1.807, 2.05) is 0 Å². The van der Waals surface area contributed by atoms with Gasteiger partial charge in [0.05, 0.1) is 12.6 Å². The number of hydrogen-bond acceptors (Lipinski definition) is 5. The molecule has 1 aromatic carbocycles. The summed E-state index contributed by atoms with van der Waals surface area (Å²) in [5, 5.41) is 17.0. The van der Waals surface area contributed by atoms with Gasteiger partial charge in [0, 0.05) is 17.9 Å². The molecule has 110 valence electrons. The highest BCUT2D eigenvalue weighted by atomic mass is 16.5. The Balaban J connectivity index is 2.00. The molecule has 1 unspecified atom stereocenters. The highest BCUT2D eigenvalue weighted by Gasteiger charge is 2.24. The van der Waals surface area contributed by atoms with Crippen LogP contribution in [-0.4, -0.2) is 38.8 Å². The molecule has 0 amide bonds. The lowest BCUT2D eigenvalue weighted by molar-refractivity contribution is 0.0691. The number of carboxylic acid groups (broad SMARTS) is 1. The molecule has 1 fully saturated rings. The lowest BCUT2D eigenvalue weighted by Crippen LogP contribution is -2.17. The molecule has 0 bridgehead atoms. The number of benzene rings is 1. The van der Waals surface area contributed by atoms with E-state index in [9.17, 15) is 9.90 Å². The number of carbonyl (C=O) groups is 1. The van der Waals surface area contributed by atoms with Crippen LogP contribution < -0.4 is 5.73 Å². The van der Waals surface area contributed by atoms with Gasteiger partial charge in [0.25, 0.3) is 0 Å². The number of aromatic carboxylic acids is 1. The summed E-state index contributed by atoms with van der Waals surface area (Å²) in [4.78, 5) is 11.3. The summed E-state index contributed by atoms with van der Waals surface area (Å²) in [6, 6.07) is 6.99. The molecule has 0 spiro atoms. The minimum atomic E-state index is -1.10. The van der Waals surface area contributed by atoms with Gasteiger partial charge in [-0.2, -0.15) is 0 Å². The maximum atomic E-state index is 11.3. The van der Waals surface area contributed by atoms with Gasteiger partial charge in [-0.3, -0.25) is 0 Å². The monoisotopic (exact) mass is 288 g/mol. The van der Waals surface area contributed by atoms with Crippen LogP contribution in [0.5, 0.6) is 0 Å². The molecule has 1 aromatic heterocycles. The number of anilines is 1. The minimum Gasteiger partial charge on any atom is -0.476 e. The van der Waals surface area contributed by atoms with Gasteiger partial charge in [-0.1, -0.05) is 17.3 Å². The summed E-state index contributed by atoms with van der Waals surface area (Å²) in [5.74, 6) is -1.10. The topological polar surface area (TPSA) is 103 Å². The van der Waals surface area contributed by atoms with Crippen molar-refractivity contribution in [3.63, 3.8) is 0 Å². The van der Waals surface area contributed by atoms with Gasteiger partial charge in [-0.05, 0) is 25.0 Å². The van der Waals surface area contributed by atoms with Crippen molar-refractivity contribution in [3.8, 4) is 11.3 Å². The third-order valence-corrected chi connectivity index (χ3v) is 3.52. The quantitative estimate of drug-likeness (QED) is 0.824. The highest BCUT2D eigenvalue weighted by Crippen LogP contribution is 2.25. The standard InChI is InChI=1S/C14H16N4O3/c15-10-5-3-9(4-6-10)13-12(14(19)20)16-17-18(13)8-11-2-1-7-21-11/h3-6,11H,1-2,7-8,15H2,(H,19,20). The second-order valence-electron chi connectivity index (χ2n) is 5.03. The predicted molar refractivity (Wildman–Crippen MR) is 75.8 cm³/mol. The molecule has 3 N–H and O–H groups in total. The Labute approximate surface area is 121 Å².